The standard InChI is InChI=1S/C25H31ClFN5O3S/c1-15-21-20(13-36-15)28-14-29-22(21)31-7-9-32(10-8-31)23(33)19(30-24(34)35-25(2,3)4)12-16-5-6-17(26)18(27)11-16/h5-6,11,14-15,19H,7-10,12-13H2,1-4H3,(H,30,34). The third-order valence-corrected chi connectivity index (χ3v) is 7.61. The van der Waals surface area contributed by atoms with Crippen molar-refractivity contribution in [1.29, 1.82) is 0 Å². The highest BCUT2D eigenvalue weighted by atomic mass is 35.5. The third-order valence-electron chi connectivity index (χ3n) is 6.13. The first-order chi connectivity index (χ1) is 17.0. The summed E-state index contributed by atoms with van der Waals surface area (Å²) < 4.78 is 19.4. The fourth-order valence-electron chi connectivity index (χ4n) is 4.40. The highest BCUT2D eigenvalue weighted by Crippen LogP contribution is 2.44. The Hall–Kier alpha value is -2.59. The fraction of sp³-hybridized carbons (Fsp3) is 0.520. The quantitative estimate of drug-likeness (QED) is 0.608. The van der Waals surface area contributed by atoms with E-state index in [2.05, 4.69) is 27.1 Å². The lowest BCUT2D eigenvalue weighted by molar-refractivity contribution is -0.133. The van der Waals surface area contributed by atoms with Gasteiger partial charge in [-0.15, -0.1) is 11.8 Å². The van der Waals surface area contributed by atoms with Crippen LogP contribution in [0, 0.1) is 5.82 Å². The van der Waals surface area contributed by atoms with Crippen molar-refractivity contribution < 1.29 is 18.7 Å². The maximum absolute atomic E-state index is 14.0. The molecule has 0 saturated carbocycles. The minimum atomic E-state index is -0.910. The van der Waals surface area contributed by atoms with Crippen LogP contribution in [-0.4, -0.2) is 64.7 Å². The number of carbonyl (C=O) groups is 2. The number of piperazine rings is 1. The van der Waals surface area contributed by atoms with Gasteiger partial charge in [0.2, 0.25) is 5.91 Å². The van der Waals surface area contributed by atoms with Gasteiger partial charge >= 0.3 is 6.09 Å². The molecule has 36 heavy (non-hydrogen) atoms. The Morgan fingerprint density at radius 3 is 2.64 bits per heavy atom. The molecule has 0 spiro atoms. The molecule has 1 aromatic carbocycles. The average Bonchev–Trinajstić information content (AvgIpc) is 3.20. The lowest BCUT2D eigenvalue weighted by Gasteiger charge is -2.38. The summed E-state index contributed by atoms with van der Waals surface area (Å²) >= 11 is 7.66. The van der Waals surface area contributed by atoms with Crippen molar-refractivity contribution >= 4 is 41.2 Å². The lowest BCUT2D eigenvalue weighted by Crippen LogP contribution is -2.56. The summed E-state index contributed by atoms with van der Waals surface area (Å²) in [5.74, 6) is 1.00. The second kappa shape index (κ2) is 10.8. The molecule has 1 saturated heterocycles. The van der Waals surface area contributed by atoms with Gasteiger partial charge in [-0.2, -0.15) is 0 Å². The van der Waals surface area contributed by atoms with E-state index in [-0.39, 0.29) is 17.4 Å². The second-order valence-corrected chi connectivity index (χ2v) is 11.7. The van der Waals surface area contributed by atoms with Gasteiger partial charge in [0, 0.05) is 49.2 Å². The maximum atomic E-state index is 14.0. The molecular formula is C25H31ClFN5O3S. The molecule has 0 aliphatic carbocycles. The smallest absolute Gasteiger partial charge is 0.408 e. The van der Waals surface area contributed by atoms with Crippen molar-refractivity contribution in [3.8, 4) is 0 Å². The molecule has 194 valence electrons. The Kier molecular flexibility index (Phi) is 7.94. The van der Waals surface area contributed by atoms with Crippen LogP contribution in [0.3, 0.4) is 0 Å². The zero-order chi connectivity index (χ0) is 26.0. The van der Waals surface area contributed by atoms with Crippen LogP contribution in [0.25, 0.3) is 0 Å². The van der Waals surface area contributed by atoms with Crippen LogP contribution in [0.4, 0.5) is 15.0 Å². The summed E-state index contributed by atoms with van der Waals surface area (Å²) in [4.78, 5) is 38.9. The van der Waals surface area contributed by atoms with E-state index in [4.69, 9.17) is 16.3 Å². The van der Waals surface area contributed by atoms with Crippen molar-refractivity contribution in [3.63, 3.8) is 0 Å². The predicted octanol–water partition coefficient (Wildman–Crippen LogP) is 4.36. The van der Waals surface area contributed by atoms with Gasteiger partial charge in [0.05, 0.1) is 10.7 Å². The molecule has 8 nitrogen and oxygen atoms in total. The minimum Gasteiger partial charge on any atom is -0.444 e. The summed E-state index contributed by atoms with van der Waals surface area (Å²) in [6, 6.07) is 3.47. The number of aromatic nitrogens is 2. The molecule has 1 N–H and O–H groups in total. The van der Waals surface area contributed by atoms with E-state index in [0.29, 0.717) is 37.0 Å². The molecule has 2 atom stereocenters. The number of alkyl carbamates (subject to hydrolysis) is 1. The Bertz CT molecular complexity index is 1140. The Labute approximate surface area is 219 Å². The summed E-state index contributed by atoms with van der Waals surface area (Å²) in [7, 11) is 0. The molecule has 1 aromatic heterocycles. The van der Waals surface area contributed by atoms with Crippen LogP contribution in [0.1, 0.15) is 49.8 Å². The van der Waals surface area contributed by atoms with E-state index in [1.54, 1.807) is 38.1 Å². The van der Waals surface area contributed by atoms with Gasteiger partial charge in [-0.3, -0.25) is 4.79 Å². The highest BCUT2D eigenvalue weighted by Gasteiger charge is 2.33. The Balaban J connectivity index is 1.47. The molecule has 2 aliphatic rings. The Morgan fingerprint density at radius 1 is 1.25 bits per heavy atom. The molecule has 4 rings (SSSR count). The fourth-order valence-corrected chi connectivity index (χ4v) is 5.57. The van der Waals surface area contributed by atoms with Gasteiger partial charge in [0.15, 0.2) is 0 Å². The first kappa shape index (κ1) is 26.5. The lowest BCUT2D eigenvalue weighted by atomic mass is 10.0. The van der Waals surface area contributed by atoms with Gasteiger partial charge in [0.1, 0.15) is 29.6 Å². The summed E-state index contributed by atoms with van der Waals surface area (Å²) in [6.07, 6.45) is 1.02. The number of ether oxygens (including phenoxy) is 1. The van der Waals surface area contributed by atoms with Crippen LogP contribution < -0.4 is 10.2 Å². The number of amides is 2. The summed E-state index contributed by atoms with van der Waals surface area (Å²) in [5.41, 5.74) is 2.08. The van der Waals surface area contributed by atoms with Gasteiger partial charge in [-0.1, -0.05) is 17.7 Å². The van der Waals surface area contributed by atoms with E-state index in [1.807, 2.05) is 11.8 Å². The van der Waals surface area contributed by atoms with Crippen molar-refractivity contribution in [2.45, 2.75) is 56.8 Å². The number of carbonyl (C=O) groups excluding carboxylic acids is 2. The van der Waals surface area contributed by atoms with E-state index in [0.717, 1.165) is 17.3 Å². The van der Waals surface area contributed by atoms with Gasteiger partial charge < -0.3 is 19.9 Å². The molecule has 2 unspecified atom stereocenters. The third kappa shape index (κ3) is 6.21. The Morgan fingerprint density at radius 2 is 1.97 bits per heavy atom. The molecule has 3 heterocycles. The number of fused-ring (bicyclic) bond motifs is 1. The van der Waals surface area contributed by atoms with E-state index < -0.39 is 23.6 Å². The normalized spacial score (nSPS) is 18.6. The van der Waals surface area contributed by atoms with Crippen LogP contribution in [0.2, 0.25) is 5.02 Å². The number of anilines is 1. The number of benzene rings is 1. The number of thioether (sulfide) groups is 1. The molecule has 2 aliphatic heterocycles. The maximum Gasteiger partial charge on any atom is 0.408 e. The van der Waals surface area contributed by atoms with Crippen molar-refractivity contribution in [3.05, 3.63) is 52.2 Å². The number of hydrogen-bond acceptors (Lipinski definition) is 7. The molecule has 0 bridgehead atoms. The van der Waals surface area contributed by atoms with Crippen LogP contribution >= 0.6 is 23.4 Å². The van der Waals surface area contributed by atoms with Crippen molar-refractivity contribution in [1.82, 2.24) is 20.2 Å². The first-order valence-electron chi connectivity index (χ1n) is 11.9. The molecule has 11 heteroatoms. The van der Waals surface area contributed by atoms with Gasteiger partial charge in [-0.05, 0) is 45.4 Å². The number of hydrogen-bond donors (Lipinski definition) is 1. The van der Waals surface area contributed by atoms with Crippen LogP contribution in [-0.2, 0) is 21.7 Å². The summed E-state index contributed by atoms with van der Waals surface area (Å²) in [5, 5.41) is 3.02. The zero-order valence-electron chi connectivity index (χ0n) is 20.9. The van der Waals surface area contributed by atoms with Crippen molar-refractivity contribution in [2.24, 2.45) is 0 Å². The van der Waals surface area contributed by atoms with Crippen molar-refractivity contribution in [2.75, 3.05) is 31.1 Å². The topological polar surface area (TPSA) is 87.7 Å². The number of rotatable bonds is 5. The monoisotopic (exact) mass is 535 g/mol. The number of nitrogens with zero attached hydrogens (tertiary/aromatic N) is 4. The highest BCUT2D eigenvalue weighted by molar-refractivity contribution is 7.99. The molecule has 2 amide bonds. The largest absolute Gasteiger partial charge is 0.444 e. The van der Waals surface area contributed by atoms with E-state index >= 15 is 0 Å². The zero-order valence-corrected chi connectivity index (χ0v) is 22.5. The molecular weight excluding hydrogens is 505 g/mol. The number of halogens is 2. The van der Waals surface area contributed by atoms with E-state index in [9.17, 15) is 14.0 Å². The summed E-state index contributed by atoms with van der Waals surface area (Å²) in [6.45, 7) is 9.58. The average molecular weight is 536 g/mol. The number of nitrogens with one attached hydrogen (secondary N) is 1. The molecule has 1 fully saturated rings. The minimum absolute atomic E-state index is 0.00164. The van der Waals surface area contributed by atoms with Crippen LogP contribution in [0.5, 0.6) is 0 Å². The first-order valence-corrected chi connectivity index (χ1v) is 13.4. The predicted molar refractivity (Wildman–Crippen MR) is 139 cm³/mol. The SMILES string of the molecule is CC1SCc2ncnc(N3CCN(C(=O)C(Cc4ccc(Cl)c(F)c4)NC(=O)OC(C)(C)C)CC3)c21. The second-order valence-electron chi connectivity index (χ2n) is 9.97. The van der Waals surface area contributed by atoms with E-state index in [1.165, 1.54) is 17.7 Å². The molecule has 0 radical (unpaired) electrons. The molecule has 2 aromatic rings. The van der Waals surface area contributed by atoms with Crippen LogP contribution in [0.15, 0.2) is 24.5 Å². The van der Waals surface area contributed by atoms with Gasteiger partial charge in [0.25, 0.3) is 0 Å². The van der Waals surface area contributed by atoms with Gasteiger partial charge in [-0.25, -0.2) is 19.2 Å².